The molecule has 1 aliphatic heterocycles. The van der Waals surface area contributed by atoms with E-state index in [2.05, 4.69) is 15.9 Å². The summed E-state index contributed by atoms with van der Waals surface area (Å²) in [4.78, 5) is 13.5. The molecule has 1 saturated heterocycles. The molecule has 0 aromatic heterocycles. The molecule has 4 nitrogen and oxygen atoms in total. The van der Waals surface area contributed by atoms with Gasteiger partial charge in [0.1, 0.15) is 0 Å². The molecule has 80 valence electrons. The van der Waals surface area contributed by atoms with Crippen LogP contribution in [0, 0.1) is 0 Å². The third kappa shape index (κ3) is 1.98. The number of halogens is 1. The number of nitrogens with two attached hydrogens (primary N) is 1. The molecule has 0 aliphatic carbocycles. The summed E-state index contributed by atoms with van der Waals surface area (Å²) in [6, 6.07) is 5.11. The van der Waals surface area contributed by atoms with E-state index >= 15 is 0 Å². The summed E-state index contributed by atoms with van der Waals surface area (Å²) in [5, 5.41) is 9.11. The highest BCUT2D eigenvalue weighted by atomic mass is 79.9. The third-order valence-electron chi connectivity index (χ3n) is 2.37. The van der Waals surface area contributed by atoms with Crippen molar-refractivity contribution in [3.05, 3.63) is 28.2 Å². The molecule has 1 amide bonds. The first-order valence-corrected chi connectivity index (χ1v) is 5.39. The van der Waals surface area contributed by atoms with Crippen LogP contribution < -0.4 is 5.73 Å². The highest BCUT2D eigenvalue weighted by molar-refractivity contribution is 9.10. The van der Waals surface area contributed by atoms with Gasteiger partial charge in [-0.1, -0.05) is 0 Å². The Balaban J connectivity index is 2.22. The average molecular weight is 271 g/mol. The van der Waals surface area contributed by atoms with Crippen LogP contribution in [-0.2, 0) is 0 Å². The standard InChI is InChI=1S/C10H11BrN2O2/c11-9-2-1-6(12)3-8(9)10(15)13-4-7(14)5-13/h1-3,7,14H,4-5,12H2. The molecule has 0 bridgehead atoms. The first-order valence-electron chi connectivity index (χ1n) is 4.60. The number of hydrogen-bond donors (Lipinski definition) is 2. The van der Waals surface area contributed by atoms with Crippen LogP contribution in [0.15, 0.2) is 22.7 Å². The Morgan fingerprint density at radius 3 is 2.80 bits per heavy atom. The van der Waals surface area contributed by atoms with Crippen LogP contribution in [0.25, 0.3) is 0 Å². The first kappa shape index (κ1) is 10.4. The zero-order chi connectivity index (χ0) is 11.0. The summed E-state index contributed by atoms with van der Waals surface area (Å²) < 4.78 is 0.725. The van der Waals surface area contributed by atoms with Gasteiger partial charge in [0, 0.05) is 23.2 Å². The van der Waals surface area contributed by atoms with Gasteiger partial charge < -0.3 is 15.7 Å². The number of anilines is 1. The molecule has 2 rings (SSSR count). The van der Waals surface area contributed by atoms with Crippen LogP contribution in [0.3, 0.4) is 0 Å². The van der Waals surface area contributed by atoms with E-state index in [0.717, 1.165) is 4.47 Å². The van der Waals surface area contributed by atoms with Crippen LogP contribution in [-0.4, -0.2) is 35.1 Å². The molecular formula is C10H11BrN2O2. The molecule has 0 saturated carbocycles. The van der Waals surface area contributed by atoms with Gasteiger partial charge in [0.15, 0.2) is 0 Å². The molecule has 0 atom stereocenters. The molecule has 1 fully saturated rings. The fourth-order valence-corrected chi connectivity index (χ4v) is 1.91. The lowest BCUT2D eigenvalue weighted by Crippen LogP contribution is -2.53. The second kappa shape index (κ2) is 3.83. The van der Waals surface area contributed by atoms with Gasteiger partial charge in [-0.15, -0.1) is 0 Å². The molecule has 1 aliphatic rings. The number of benzene rings is 1. The quantitative estimate of drug-likeness (QED) is 0.744. The topological polar surface area (TPSA) is 66.6 Å². The van der Waals surface area contributed by atoms with Crippen molar-refractivity contribution in [1.29, 1.82) is 0 Å². The molecule has 0 spiro atoms. The number of rotatable bonds is 1. The largest absolute Gasteiger partial charge is 0.399 e. The number of nitrogen functional groups attached to an aromatic ring is 1. The van der Waals surface area contributed by atoms with E-state index in [4.69, 9.17) is 10.8 Å². The number of likely N-dealkylation sites (tertiary alicyclic amines) is 1. The van der Waals surface area contributed by atoms with Crippen LogP contribution in [0.4, 0.5) is 5.69 Å². The van der Waals surface area contributed by atoms with Crippen molar-refractivity contribution in [3.8, 4) is 0 Å². The van der Waals surface area contributed by atoms with Gasteiger partial charge in [0.2, 0.25) is 0 Å². The molecule has 15 heavy (non-hydrogen) atoms. The van der Waals surface area contributed by atoms with Crippen molar-refractivity contribution in [2.45, 2.75) is 6.10 Å². The predicted octanol–water partition coefficient (Wildman–Crippen LogP) is 0.848. The molecule has 5 heteroatoms. The lowest BCUT2D eigenvalue weighted by atomic mass is 10.1. The molecule has 1 aromatic rings. The Kier molecular flexibility index (Phi) is 2.67. The van der Waals surface area contributed by atoms with Crippen molar-refractivity contribution in [2.24, 2.45) is 0 Å². The number of carbonyl (C=O) groups excluding carboxylic acids is 1. The van der Waals surface area contributed by atoms with Crippen molar-refractivity contribution in [1.82, 2.24) is 4.90 Å². The van der Waals surface area contributed by atoms with Gasteiger partial charge in [-0.25, -0.2) is 0 Å². The number of aliphatic hydroxyl groups excluding tert-OH is 1. The molecule has 1 aromatic carbocycles. The SMILES string of the molecule is Nc1ccc(Br)c(C(=O)N2CC(O)C2)c1. The highest BCUT2D eigenvalue weighted by Gasteiger charge is 2.30. The summed E-state index contributed by atoms with van der Waals surface area (Å²) in [6.45, 7) is 0.806. The minimum absolute atomic E-state index is 0.0977. The third-order valence-corrected chi connectivity index (χ3v) is 3.06. The number of carbonyl (C=O) groups is 1. The van der Waals surface area contributed by atoms with Crippen LogP contribution in [0.5, 0.6) is 0 Å². The molecule has 0 radical (unpaired) electrons. The van der Waals surface area contributed by atoms with Gasteiger partial charge >= 0.3 is 0 Å². The summed E-state index contributed by atoms with van der Waals surface area (Å²) in [7, 11) is 0. The molecule has 1 heterocycles. The molecular weight excluding hydrogens is 260 g/mol. The number of aliphatic hydroxyl groups is 1. The van der Waals surface area contributed by atoms with Crippen LogP contribution in [0.1, 0.15) is 10.4 Å². The lowest BCUT2D eigenvalue weighted by Gasteiger charge is -2.36. The Bertz CT molecular complexity index is 402. The number of nitrogens with zero attached hydrogens (tertiary/aromatic N) is 1. The minimum atomic E-state index is -0.381. The van der Waals surface area contributed by atoms with E-state index in [9.17, 15) is 4.79 Å². The zero-order valence-corrected chi connectivity index (χ0v) is 9.57. The monoisotopic (exact) mass is 270 g/mol. The number of β-amino-alcohol motifs (C(OH)–C–C–N with tert-alkyl or cyclic N) is 1. The van der Waals surface area contributed by atoms with E-state index in [0.29, 0.717) is 24.3 Å². The maximum absolute atomic E-state index is 11.9. The van der Waals surface area contributed by atoms with Gasteiger partial charge in [0.05, 0.1) is 11.7 Å². The Morgan fingerprint density at radius 1 is 1.53 bits per heavy atom. The van der Waals surface area contributed by atoms with E-state index < -0.39 is 0 Å². The highest BCUT2D eigenvalue weighted by Crippen LogP contribution is 2.23. The Morgan fingerprint density at radius 2 is 2.20 bits per heavy atom. The average Bonchev–Trinajstić information content (AvgIpc) is 2.16. The van der Waals surface area contributed by atoms with Crippen molar-refractivity contribution < 1.29 is 9.90 Å². The second-order valence-electron chi connectivity index (χ2n) is 3.60. The predicted molar refractivity (Wildman–Crippen MR) is 60.5 cm³/mol. The summed E-state index contributed by atoms with van der Waals surface area (Å²) in [6.07, 6.45) is -0.381. The molecule has 3 N–H and O–H groups in total. The fraction of sp³-hybridized carbons (Fsp3) is 0.300. The van der Waals surface area contributed by atoms with Crippen LogP contribution in [0.2, 0.25) is 0 Å². The number of amides is 1. The van der Waals surface area contributed by atoms with Gasteiger partial charge in [-0.05, 0) is 34.1 Å². The van der Waals surface area contributed by atoms with Crippen molar-refractivity contribution in [2.75, 3.05) is 18.8 Å². The Hall–Kier alpha value is -1.07. The summed E-state index contributed by atoms with van der Waals surface area (Å²) >= 11 is 3.30. The van der Waals surface area contributed by atoms with Gasteiger partial charge in [-0.3, -0.25) is 4.79 Å². The maximum atomic E-state index is 11.9. The van der Waals surface area contributed by atoms with Gasteiger partial charge in [-0.2, -0.15) is 0 Å². The Labute approximate surface area is 95.8 Å². The van der Waals surface area contributed by atoms with E-state index in [1.54, 1.807) is 23.1 Å². The lowest BCUT2D eigenvalue weighted by molar-refractivity contribution is 0.00584. The maximum Gasteiger partial charge on any atom is 0.255 e. The number of hydrogen-bond acceptors (Lipinski definition) is 3. The second-order valence-corrected chi connectivity index (χ2v) is 4.46. The van der Waals surface area contributed by atoms with Gasteiger partial charge in [0.25, 0.3) is 5.91 Å². The van der Waals surface area contributed by atoms with E-state index in [1.165, 1.54) is 0 Å². The van der Waals surface area contributed by atoms with Crippen LogP contribution >= 0.6 is 15.9 Å². The summed E-state index contributed by atoms with van der Waals surface area (Å²) in [5.41, 5.74) is 6.71. The van der Waals surface area contributed by atoms with Crippen molar-refractivity contribution >= 4 is 27.5 Å². The van der Waals surface area contributed by atoms with Crippen molar-refractivity contribution in [3.63, 3.8) is 0 Å². The first-order chi connectivity index (χ1) is 7.08. The normalized spacial score (nSPS) is 16.3. The van der Waals surface area contributed by atoms with E-state index in [-0.39, 0.29) is 12.0 Å². The molecule has 0 unspecified atom stereocenters. The zero-order valence-electron chi connectivity index (χ0n) is 7.98. The smallest absolute Gasteiger partial charge is 0.255 e. The summed E-state index contributed by atoms with van der Waals surface area (Å²) in [5.74, 6) is -0.0977. The van der Waals surface area contributed by atoms with E-state index in [1.807, 2.05) is 0 Å². The fourth-order valence-electron chi connectivity index (χ4n) is 1.50. The minimum Gasteiger partial charge on any atom is -0.399 e.